The lowest BCUT2D eigenvalue weighted by Gasteiger charge is -2.15. The smallest absolute Gasteiger partial charge is 0.303 e. The van der Waals surface area contributed by atoms with Gasteiger partial charge >= 0.3 is 5.97 Å². The highest BCUT2D eigenvalue weighted by Gasteiger charge is 2.20. The summed E-state index contributed by atoms with van der Waals surface area (Å²) in [5.74, 6) is -2.15. The number of carboxylic acid groups (broad SMARTS) is 1. The molecule has 25 heavy (non-hydrogen) atoms. The number of rotatable bonds is 7. The van der Waals surface area contributed by atoms with Crippen molar-refractivity contribution >= 4 is 11.9 Å². The summed E-state index contributed by atoms with van der Waals surface area (Å²) < 4.78 is 14.8. The molecule has 0 saturated heterocycles. The number of carbonyl (C=O) groups excluding carboxylic acids is 1. The van der Waals surface area contributed by atoms with E-state index in [4.69, 9.17) is 5.11 Å². The Morgan fingerprint density at radius 1 is 1.24 bits per heavy atom. The first kappa shape index (κ1) is 18.6. The third-order valence-electron chi connectivity index (χ3n) is 4.32. The molecule has 0 aliphatic rings. The average molecular weight is 347 g/mol. The van der Waals surface area contributed by atoms with Crippen LogP contribution in [0, 0.1) is 19.7 Å². The van der Waals surface area contributed by atoms with E-state index in [2.05, 4.69) is 10.4 Å². The maximum atomic E-state index is 13.1. The fourth-order valence-electron chi connectivity index (χ4n) is 2.81. The van der Waals surface area contributed by atoms with E-state index in [0.29, 0.717) is 12.1 Å². The highest BCUT2D eigenvalue weighted by Crippen LogP contribution is 2.24. The van der Waals surface area contributed by atoms with Crippen LogP contribution in [0.3, 0.4) is 0 Å². The molecule has 0 spiro atoms. The van der Waals surface area contributed by atoms with Crippen molar-refractivity contribution in [3.8, 4) is 0 Å². The van der Waals surface area contributed by atoms with Gasteiger partial charge in [0.25, 0.3) is 0 Å². The minimum absolute atomic E-state index is 0.0241. The van der Waals surface area contributed by atoms with Crippen molar-refractivity contribution in [2.45, 2.75) is 39.2 Å². The Bertz CT molecular complexity index is 769. The third-order valence-corrected chi connectivity index (χ3v) is 4.32. The second-order valence-electron chi connectivity index (χ2n) is 6.10. The molecular weight excluding hydrogens is 325 g/mol. The number of benzene rings is 1. The number of aliphatic carboxylic acids is 1. The van der Waals surface area contributed by atoms with Crippen molar-refractivity contribution in [2.75, 3.05) is 0 Å². The Morgan fingerprint density at radius 3 is 2.40 bits per heavy atom. The Labute approximate surface area is 145 Å². The second kappa shape index (κ2) is 7.92. The van der Waals surface area contributed by atoms with Crippen molar-refractivity contribution in [1.29, 1.82) is 0 Å². The molecule has 0 aliphatic carbocycles. The lowest BCUT2D eigenvalue weighted by Crippen LogP contribution is -2.26. The molecular formula is C18H22FN3O3. The Morgan fingerprint density at radius 2 is 1.88 bits per heavy atom. The summed E-state index contributed by atoms with van der Waals surface area (Å²) in [7, 11) is 1.84. The van der Waals surface area contributed by atoms with E-state index in [0.717, 1.165) is 17.0 Å². The Kier molecular flexibility index (Phi) is 5.90. The monoisotopic (exact) mass is 347 g/mol. The van der Waals surface area contributed by atoms with Gasteiger partial charge in [0.1, 0.15) is 5.82 Å². The molecule has 134 valence electrons. The topological polar surface area (TPSA) is 84.2 Å². The van der Waals surface area contributed by atoms with Gasteiger partial charge in [0, 0.05) is 37.2 Å². The summed E-state index contributed by atoms with van der Waals surface area (Å²) in [6.45, 7) is 4.14. The number of halogens is 1. The van der Waals surface area contributed by atoms with Gasteiger partial charge in [-0.1, -0.05) is 12.1 Å². The van der Waals surface area contributed by atoms with E-state index in [9.17, 15) is 14.0 Å². The number of hydrogen-bond donors (Lipinski definition) is 2. The van der Waals surface area contributed by atoms with Crippen LogP contribution in [0.15, 0.2) is 24.3 Å². The van der Waals surface area contributed by atoms with Gasteiger partial charge in [0.2, 0.25) is 5.91 Å². The van der Waals surface area contributed by atoms with E-state index in [1.165, 1.54) is 24.3 Å². The standard InChI is InChI=1S/C18H22FN3O3/c1-11-16(12(2)22(3)21-11)10-20-17(23)8-14(9-18(24)25)13-4-6-15(19)7-5-13/h4-7,14H,8-10H2,1-3H3,(H,20,23)(H,24,25)/t14-/m1/s1. The molecule has 0 radical (unpaired) electrons. The van der Waals surface area contributed by atoms with Crippen molar-refractivity contribution in [3.05, 3.63) is 52.6 Å². The molecule has 1 amide bonds. The maximum Gasteiger partial charge on any atom is 0.303 e. The molecule has 1 heterocycles. The molecule has 1 aromatic heterocycles. The van der Waals surface area contributed by atoms with Crippen LogP contribution in [-0.4, -0.2) is 26.8 Å². The summed E-state index contributed by atoms with van der Waals surface area (Å²) in [5.41, 5.74) is 3.40. The SMILES string of the molecule is Cc1nn(C)c(C)c1CNC(=O)C[C@H](CC(=O)O)c1ccc(F)cc1. The van der Waals surface area contributed by atoms with Gasteiger partial charge in [-0.3, -0.25) is 14.3 Å². The van der Waals surface area contributed by atoms with Crippen molar-refractivity contribution in [2.24, 2.45) is 7.05 Å². The first-order valence-corrected chi connectivity index (χ1v) is 8.01. The van der Waals surface area contributed by atoms with Crippen LogP contribution >= 0.6 is 0 Å². The maximum absolute atomic E-state index is 13.1. The highest BCUT2D eigenvalue weighted by atomic mass is 19.1. The predicted molar refractivity (Wildman–Crippen MR) is 90.5 cm³/mol. The van der Waals surface area contributed by atoms with Gasteiger partial charge < -0.3 is 10.4 Å². The largest absolute Gasteiger partial charge is 0.481 e. The zero-order chi connectivity index (χ0) is 18.6. The normalized spacial score (nSPS) is 12.0. The van der Waals surface area contributed by atoms with Gasteiger partial charge in [-0.15, -0.1) is 0 Å². The van der Waals surface area contributed by atoms with Crippen molar-refractivity contribution in [3.63, 3.8) is 0 Å². The van der Waals surface area contributed by atoms with Crippen LogP contribution in [0.2, 0.25) is 0 Å². The molecule has 0 unspecified atom stereocenters. The molecule has 1 atom stereocenters. The third kappa shape index (κ3) is 4.89. The molecule has 2 rings (SSSR count). The molecule has 1 aromatic carbocycles. The van der Waals surface area contributed by atoms with E-state index >= 15 is 0 Å². The van der Waals surface area contributed by atoms with Crippen LogP contribution in [0.5, 0.6) is 0 Å². The number of nitrogens with one attached hydrogen (secondary N) is 1. The van der Waals surface area contributed by atoms with Crippen LogP contribution in [0.4, 0.5) is 4.39 Å². The summed E-state index contributed by atoms with van der Waals surface area (Å²) in [5, 5.41) is 16.2. The van der Waals surface area contributed by atoms with Crippen LogP contribution in [-0.2, 0) is 23.2 Å². The summed E-state index contributed by atoms with van der Waals surface area (Å²) in [6.07, 6.45) is -0.166. The van der Waals surface area contributed by atoms with Gasteiger partial charge in [-0.05, 0) is 31.5 Å². The number of aromatic nitrogens is 2. The summed E-state index contributed by atoms with van der Waals surface area (Å²) in [4.78, 5) is 23.4. The molecule has 6 nitrogen and oxygen atoms in total. The summed E-state index contributed by atoms with van der Waals surface area (Å²) >= 11 is 0. The fourth-order valence-corrected chi connectivity index (χ4v) is 2.81. The second-order valence-corrected chi connectivity index (χ2v) is 6.10. The fraction of sp³-hybridized carbons (Fsp3) is 0.389. The van der Waals surface area contributed by atoms with E-state index in [1.54, 1.807) is 4.68 Å². The lowest BCUT2D eigenvalue weighted by molar-refractivity contribution is -0.137. The van der Waals surface area contributed by atoms with Gasteiger partial charge in [-0.25, -0.2) is 4.39 Å². The zero-order valence-electron chi connectivity index (χ0n) is 14.5. The average Bonchev–Trinajstić information content (AvgIpc) is 2.78. The van der Waals surface area contributed by atoms with Gasteiger partial charge in [0.15, 0.2) is 0 Å². The number of hydrogen-bond acceptors (Lipinski definition) is 3. The first-order valence-electron chi connectivity index (χ1n) is 8.01. The number of carboxylic acids is 1. The van der Waals surface area contributed by atoms with Crippen molar-refractivity contribution < 1.29 is 19.1 Å². The highest BCUT2D eigenvalue weighted by molar-refractivity contribution is 5.78. The minimum atomic E-state index is -0.999. The van der Waals surface area contributed by atoms with Crippen LogP contribution in [0.1, 0.15) is 41.3 Å². The number of aryl methyl sites for hydroxylation is 2. The number of amides is 1. The van der Waals surface area contributed by atoms with E-state index in [-0.39, 0.29) is 18.7 Å². The molecule has 0 fully saturated rings. The summed E-state index contributed by atoms with van der Waals surface area (Å²) in [6, 6.07) is 5.58. The minimum Gasteiger partial charge on any atom is -0.481 e. The molecule has 0 saturated carbocycles. The van der Waals surface area contributed by atoms with Crippen molar-refractivity contribution in [1.82, 2.24) is 15.1 Å². The Hall–Kier alpha value is -2.70. The Balaban J connectivity index is 2.04. The predicted octanol–water partition coefficient (Wildman–Crippen LogP) is 2.44. The first-order chi connectivity index (χ1) is 11.8. The molecule has 7 heteroatoms. The van der Waals surface area contributed by atoms with Gasteiger partial charge in [0.05, 0.1) is 12.1 Å². The van der Waals surface area contributed by atoms with E-state index in [1.807, 2.05) is 20.9 Å². The van der Waals surface area contributed by atoms with E-state index < -0.39 is 17.7 Å². The molecule has 0 aliphatic heterocycles. The zero-order valence-corrected chi connectivity index (χ0v) is 14.5. The van der Waals surface area contributed by atoms with Crippen LogP contribution < -0.4 is 5.32 Å². The quantitative estimate of drug-likeness (QED) is 0.806. The van der Waals surface area contributed by atoms with Gasteiger partial charge in [-0.2, -0.15) is 5.10 Å². The number of carbonyl (C=O) groups is 2. The molecule has 2 aromatic rings. The lowest BCUT2D eigenvalue weighted by atomic mass is 9.92. The molecule has 0 bridgehead atoms. The van der Waals surface area contributed by atoms with Crippen LogP contribution in [0.25, 0.3) is 0 Å². The number of nitrogens with zero attached hydrogens (tertiary/aromatic N) is 2. The molecule has 2 N–H and O–H groups in total.